The van der Waals surface area contributed by atoms with Crippen LogP contribution in [0.15, 0.2) is 12.1 Å². The van der Waals surface area contributed by atoms with E-state index in [4.69, 9.17) is 4.74 Å². The van der Waals surface area contributed by atoms with Crippen molar-refractivity contribution in [2.24, 2.45) is 5.92 Å². The lowest BCUT2D eigenvalue weighted by Gasteiger charge is -2.08. The Morgan fingerprint density at radius 1 is 1.53 bits per heavy atom. The summed E-state index contributed by atoms with van der Waals surface area (Å²) in [5, 5.41) is 2.53. The van der Waals surface area contributed by atoms with Gasteiger partial charge < -0.3 is 10.1 Å². The Bertz CT molecular complexity index is 417. The Kier molecular flexibility index (Phi) is 2.34. The molecule has 2 rings (SSSR count). The minimum absolute atomic E-state index is 0.148. The first kappa shape index (κ1) is 9.96. The first-order valence-electron chi connectivity index (χ1n) is 4.81. The van der Waals surface area contributed by atoms with Gasteiger partial charge in [-0.05, 0) is 24.6 Å². The molecule has 1 aliphatic rings. The zero-order valence-electron chi connectivity index (χ0n) is 8.63. The van der Waals surface area contributed by atoms with E-state index in [0.29, 0.717) is 5.75 Å². The summed E-state index contributed by atoms with van der Waals surface area (Å²) in [6.45, 7) is 3.80. The number of amides is 1. The molecule has 4 heteroatoms. The van der Waals surface area contributed by atoms with Crippen LogP contribution in [-0.2, 0) is 4.79 Å². The maximum atomic E-state index is 13.5. The van der Waals surface area contributed by atoms with Crippen LogP contribution in [0.25, 0.3) is 0 Å². The predicted octanol–water partition coefficient (Wildman–Crippen LogP) is 2.10. The molecule has 3 nitrogen and oxygen atoms in total. The summed E-state index contributed by atoms with van der Waals surface area (Å²) in [5.41, 5.74) is 0.921. The molecule has 0 aromatic heterocycles. The average Bonchev–Trinajstić information content (AvgIpc) is 2.30. The van der Waals surface area contributed by atoms with Crippen LogP contribution >= 0.6 is 0 Å². The topological polar surface area (TPSA) is 38.3 Å². The van der Waals surface area contributed by atoms with E-state index in [1.807, 2.05) is 0 Å². The number of halogens is 1. The number of nitrogens with one attached hydrogen (secondary N) is 1. The van der Waals surface area contributed by atoms with Crippen LogP contribution in [0.1, 0.15) is 12.5 Å². The maximum Gasteiger partial charge on any atom is 0.230 e. The molecule has 1 heterocycles. The molecular weight excluding hydrogens is 197 g/mol. The van der Waals surface area contributed by atoms with E-state index in [9.17, 15) is 9.18 Å². The molecule has 1 amide bonds. The van der Waals surface area contributed by atoms with Crippen LogP contribution in [0.2, 0.25) is 0 Å². The molecule has 0 saturated heterocycles. The van der Waals surface area contributed by atoms with Crippen molar-refractivity contribution < 1.29 is 13.9 Å². The van der Waals surface area contributed by atoms with Gasteiger partial charge in [-0.15, -0.1) is 0 Å². The number of benzene rings is 1. The Morgan fingerprint density at radius 3 is 3.00 bits per heavy atom. The Morgan fingerprint density at radius 2 is 2.27 bits per heavy atom. The van der Waals surface area contributed by atoms with Gasteiger partial charge in [0, 0.05) is 0 Å². The average molecular weight is 209 g/mol. The van der Waals surface area contributed by atoms with Crippen molar-refractivity contribution in [1.29, 1.82) is 0 Å². The van der Waals surface area contributed by atoms with E-state index in [0.717, 1.165) is 5.56 Å². The highest BCUT2D eigenvalue weighted by molar-refractivity contribution is 5.94. The number of rotatable bonds is 0. The van der Waals surface area contributed by atoms with Crippen molar-refractivity contribution in [1.82, 2.24) is 0 Å². The van der Waals surface area contributed by atoms with E-state index in [1.54, 1.807) is 19.9 Å². The molecular formula is C11H12FNO2. The normalized spacial score (nSPS) is 19.9. The number of carbonyl (C=O) groups excluding carboxylic acids is 1. The fourth-order valence-corrected chi connectivity index (χ4v) is 1.48. The van der Waals surface area contributed by atoms with Crippen molar-refractivity contribution in [2.45, 2.75) is 13.8 Å². The zero-order valence-corrected chi connectivity index (χ0v) is 8.63. The number of hydrogen-bond acceptors (Lipinski definition) is 2. The minimum atomic E-state index is -0.451. The summed E-state index contributed by atoms with van der Waals surface area (Å²) in [4.78, 5) is 11.5. The summed E-state index contributed by atoms with van der Waals surface area (Å²) in [6.07, 6.45) is 0. The van der Waals surface area contributed by atoms with E-state index in [-0.39, 0.29) is 24.1 Å². The van der Waals surface area contributed by atoms with Gasteiger partial charge in [0.25, 0.3) is 0 Å². The molecule has 0 radical (unpaired) electrons. The smallest absolute Gasteiger partial charge is 0.230 e. The van der Waals surface area contributed by atoms with E-state index < -0.39 is 5.82 Å². The largest absolute Gasteiger partial charge is 0.490 e. The number of ether oxygens (including phenoxy) is 1. The van der Waals surface area contributed by atoms with Gasteiger partial charge in [-0.3, -0.25) is 4.79 Å². The second kappa shape index (κ2) is 3.53. The minimum Gasteiger partial charge on any atom is -0.490 e. The van der Waals surface area contributed by atoms with Crippen LogP contribution in [0.3, 0.4) is 0 Å². The van der Waals surface area contributed by atoms with Gasteiger partial charge in [0.1, 0.15) is 11.4 Å². The Balaban J connectivity index is 2.47. The highest BCUT2D eigenvalue weighted by Crippen LogP contribution is 2.31. The molecule has 0 bridgehead atoms. The molecule has 0 saturated carbocycles. The van der Waals surface area contributed by atoms with Crippen molar-refractivity contribution in [3.63, 3.8) is 0 Å². The summed E-state index contributed by atoms with van der Waals surface area (Å²) >= 11 is 0. The van der Waals surface area contributed by atoms with Crippen molar-refractivity contribution in [2.75, 3.05) is 11.9 Å². The lowest BCUT2D eigenvalue weighted by molar-refractivity contribution is -0.119. The molecule has 0 spiro atoms. The van der Waals surface area contributed by atoms with Gasteiger partial charge >= 0.3 is 0 Å². The highest BCUT2D eigenvalue weighted by atomic mass is 19.1. The van der Waals surface area contributed by atoms with Crippen LogP contribution < -0.4 is 10.1 Å². The standard InChI is InChI=1S/C11H12FNO2/c1-6-3-8(12)10-9(4-6)15-5-7(2)11(14)13-10/h3-4,7H,5H2,1-2H3,(H,13,14). The monoisotopic (exact) mass is 209 g/mol. The Labute approximate surface area is 87.2 Å². The molecule has 1 N–H and O–H groups in total. The zero-order chi connectivity index (χ0) is 11.0. The molecule has 1 aliphatic heterocycles. The van der Waals surface area contributed by atoms with Crippen molar-refractivity contribution in [3.05, 3.63) is 23.5 Å². The highest BCUT2D eigenvalue weighted by Gasteiger charge is 2.23. The van der Waals surface area contributed by atoms with Crippen molar-refractivity contribution in [3.8, 4) is 5.75 Å². The molecule has 80 valence electrons. The van der Waals surface area contributed by atoms with E-state index in [2.05, 4.69) is 5.32 Å². The molecule has 1 aromatic carbocycles. The van der Waals surface area contributed by atoms with Gasteiger partial charge in [0.05, 0.1) is 12.5 Å². The molecule has 15 heavy (non-hydrogen) atoms. The summed E-state index contributed by atoms with van der Waals surface area (Å²) in [6, 6.07) is 3.09. The van der Waals surface area contributed by atoms with E-state index >= 15 is 0 Å². The first-order valence-corrected chi connectivity index (χ1v) is 4.81. The lowest BCUT2D eigenvalue weighted by Crippen LogP contribution is -2.22. The second-order valence-electron chi connectivity index (χ2n) is 3.82. The quantitative estimate of drug-likeness (QED) is 0.710. The van der Waals surface area contributed by atoms with Gasteiger partial charge in [-0.2, -0.15) is 0 Å². The summed E-state index contributed by atoms with van der Waals surface area (Å²) in [5.74, 6) is -0.522. The van der Waals surface area contributed by atoms with Gasteiger partial charge in [0.2, 0.25) is 5.91 Å². The summed E-state index contributed by atoms with van der Waals surface area (Å²) < 4.78 is 18.9. The molecule has 0 aliphatic carbocycles. The first-order chi connectivity index (χ1) is 7.08. The SMILES string of the molecule is Cc1cc(F)c2c(c1)OCC(C)C(=O)N2. The van der Waals surface area contributed by atoms with Crippen LogP contribution in [-0.4, -0.2) is 12.5 Å². The van der Waals surface area contributed by atoms with Crippen LogP contribution in [0.4, 0.5) is 10.1 Å². The third-order valence-corrected chi connectivity index (χ3v) is 2.38. The molecule has 1 aromatic rings. The summed E-state index contributed by atoms with van der Waals surface area (Å²) in [7, 11) is 0. The van der Waals surface area contributed by atoms with Gasteiger partial charge in [-0.1, -0.05) is 6.92 Å². The predicted molar refractivity (Wildman–Crippen MR) is 54.4 cm³/mol. The third kappa shape index (κ3) is 1.79. The fourth-order valence-electron chi connectivity index (χ4n) is 1.48. The van der Waals surface area contributed by atoms with Crippen LogP contribution in [0.5, 0.6) is 5.75 Å². The number of aryl methyl sites for hydroxylation is 1. The van der Waals surface area contributed by atoms with Crippen molar-refractivity contribution >= 4 is 11.6 Å². The van der Waals surface area contributed by atoms with Gasteiger partial charge in [-0.25, -0.2) is 4.39 Å². The third-order valence-electron chi connectivity index (χ3n) is 2.38. The van der Waals surface area contributed by atoms with Crippen LogP contribution in [0, 0.1) is 18.7 Å². The number of anilines is 1. The van der Waals surface area contributed by atoms with Gasteiger partial charge in [0.15, 0.2) is 5.82 Å². The number of carbonyl (C=O) groups is 1. The molecule has 0 fully saturated rings. The fraction of sp³-hybridized carbons (Fsp3) is 0.364. The Hall–Kier alpha value is -1.58. The maximum absolute atomic E-state index is 13.5. The second-order valence-corrected chi connectivity index (χ2v) is 3.82. The molecule has 1 unspecified atom stereocenters. The lowest BCUT2D eigenvalue weighted by atomic mass is 10.2. The number of hydrogen-bond donors (Lipinski definition) is 1. The number of fused-ring (bicyclic) bond motifs is 1. The molecule has 1 atom stereocenters. The van der Waals surface area contributed by atoms with E-state index in [1.165, 1.54) is 6.07 Å².